The third-order valence-corrected chi connectivity index (χ3v) is 6.98. The first kappa shape index (κ1) is 33.7. The molecule has 0 aliphatic heterocycles. The number of amides is 1. The molecule has 1 aromatic carbocycles. The van der Waals surface area contributed by atoms with Crippen molar-refractivity contribution in [3.63, 3.8) is 0 Å². The topological polar surface area (TPSA) is 113 Å². The Kier molecular flexibility index (Phi) is 13.2. The van der Waals surface area contributed by atoms with E-state index in [4.69, 9.17) is 18.9 Å². The molecule has 4 atom stereocenters. The minimum atomic E-state index is -0.998. The van der Waals surface area contributed by atoms with Crippen molar-refractivity contribution >= 4 is 17.8 Å². The molecule has 0 spiro atoms. The van der Waals surface area contributed by atoms with Crippen LogP contribution in [0, 0.1) is 24.6 Å². The van der Waals surface area contributed by atoms with Crippen LogP contribution in [0.5, 0.6) is 11.5 Å². The molecule has 226 valence electrons. The van der Waals surface area contributed by atoms with E-state index in [2.05, 4.69) is 17.2 Å². The van der Waals surface area contributed by atoms with Crippen LogP contribution < -0.4 is 14.8 Å². The van der Waals surface area contributed by atoms with Gasteiger partial charge in [0.05, 0.1) is 20.1 Å². The molecule has 1 unspecified atom stereocenters. The molecule has 41 heavy (non-hydrogen) atoms. The van der Waals surface area contributed by atoms with Crippen LogP contribution in [0.2, 0.25) is 0 Å². The monoisotopic (exact) mass is 574 g/mol. The summed E-state index contributed by atoms with van der Waals surface area (Å²) in [7, 11) is 2.83. The van der Waals surface area contributed by atoms with E-state index in [1.165, 1.54) is 38.6 Å². The van der Waals surface area contributed by atoms with Crippen molar-refractivity contribution in [3.05, 3.63) is 53.1 Å². The molecule has 1 amide bonds. The maximum atomic E-state index is 13.8. The number of hydrogen-bond donors (Lipinski definition) is 1. The Labute approximate surface area is 242 Å². The molecule has 2 rings (SSSR count). The molecular formula is C31H43FN2O7. The summed E-state index contributed by atoms with van der Waals surface area (Å²) < 4.78 is 35.4. The highest BCUT2D eigenvalue weighted by Crippen LogP contribution is 2.35. The summed E-state index contributed by atoms with van der Waals surface area (Å²) in [6.07, 6.45) is 1.87. The molecule has 0 radical (unpaired) electrons. The molecule has 2 aromatic rings. The molecule has 1 heterocycles. The van der Waals surface area contributed by atoms with Crippen molar-refractivity contribution in [1.82, 2.24) is 10.3 Å². The minimum Gasteiger partial charge on any atom is -0.493 e. The second kappa shape index (κ2) is 16.0. The Morgan fingerprint density at radius 2 is 1.78 bits per heavy atom. The number of aromatic nitrogens is 1. The lowest BCUT2D eigenvalue weighted by Gasteiger charge is -2.32. The van der Waals surface area contributed by atoms with Gasteiger partial charge in [-0.15, -0.1) is 0 Å². The molecule has 10 heteroatoms. The first-order valence-corrected chi connectivity index (χ1v) is 13.9. The molecule has 9 nitrogen and oxygen atoms in total. The number of carbonyl (C=O) groups is 3. The van der Waals surface area contributed by atoms with Gasteiger partial charge in [-0.2, -0.15) is 0 Å². The van der Waals surface area contributed by atoms with Gasteiger partial charge in [0.15, 0.2) is 11.4 Å². The van der Waals surface area contributed by atoms with Gasteiger partial charge >= 0.3 is 11.9 Å². The first-order chi connectivity index (χ1) is 19.4. The van der Waals surface area contributed by atoms with Crippen molar-refractivity contribution in [2.24, 2.45) is 11.8 Å². The number of ether oxygens (including phenoxy) is 4. The Balaban J connectivity index is 2.32. The maximum Gasteiger partial charge on any atom is 0.328 e. The fraction of sp³-hybridized carbons (Fsp3) is 0.548. The van der Waals surface area contributed by atoms with Gasteiger partial charge in [0.1, 0.15) is 18.0 Å². The van der Waals surface area contributed by atoms with Crippen molar-refractivity contribution < 1.29 is 37.7 Å². The molecule has 0 bridgehead atoms. The zero-order chi connectivity index (χ0) is 30.7. The van der Waals surface area contributed by atoms with Crippen molar-refractivity contribution in [3.8, 4) is 11.5 Å². The van der Waals surface area contributed by atoms with Crippen molar-refractivity contribution in [2.45, 2.75) is 78.9 Å². The number of esters is 2. The predicted molar refractivity (Wildman–Crippen MR) is 153 cm³/mol. The van der Waals surface area contributed by atoms with Gasteiger partial charge in [0, 0.05) is 25.3 Å². The average molecular weight is 575 g/mol. The molecule has 0 aliphatic rings. The van der Waals surface area contributed by atoms with Crippen LogP contribution in [-0.2, 0) is 19.1 Å². The van der Waals surface area contributed by atoms with Gasteiger partial charge in [0.2, 0.25) is 5.75 Å². The number of methoxy groups -OCH3 is 2. The number of rotatable bonds is 15. The Morgan fingerprint density at radius 1 is 1.07 bits per heavy atom. The van der Waals surface area contributed by atoms with E-state index < -0.39 is 30.0 Å². The number of halogens is 1. The lowest BCUT2D eigenvalue weighted by Crippen LogP contribution is -2.44. The molecule has 0 aliphatic carbocycles. The molecule has 0 saturated heterocycles. The highest BCUT2D eigenvalue weighted by atomic mass is 19.1. The van der Waals surface area contributed by atoms with Crippen LogP contribution in [0.3, 0.4) is 0 Å². The molecule has 0 fully saturated rings. The van der Waals surface area contributed by atoms with Crippen LogP contribution >= 0.6 is 0 Å². The van der Waals surface area contributed by atoms with E-state index in [1.807, 2.05) is 34.6 Å². The quantitative estimate of drug-likeness (QED) is 0.282. The number of carbonyl (C=O) groups excluding carboxylic acids is 3. The highest BCUT2D eigenvalue weighted by molar-refractivity contribution is 5.98. The lowest BCUT2D eigenvalue weighted by molar-refractivity contribution is -0.152. The van der Waals surface area contributed by atoms with Gasteiger partial charge in [-0.3, -0.25) is 9.59 Å². The van der Waals surface area contributed by atoms with Crippen LogP contribution in [0.15, 0.2) is 30.5 Å². The Hall–Kier alpha value is -3.53. The largest absolute Gasteiger partial charge is 0.493 e. The number of pyridine rings is 1. The van der Waals surface area contributed by atoms with Gasteiger partial charge < -0.3 is 24.3 Å². The van der Waals surface area contributed by atoms with Crippen LogP contribution in [0.4, 0.5) is 4.39 Å². The third kappa shape index (κ3) is 9.52. The molecule has 1 aromatic heterocycles. The third-order valence-electron chi connectivity index (χ3n) is 6.98. The fourth-order valence-corrected chi connectivity index (χ4v) is 4.74. The Morgan fingerprint density at radius 3 is 2.37 bits per heavy atom. The standard InChI is InChI=1S/C31H43FN2O7/c1-9-19(4)27(23-11-10-22(32)17-20(23)5)21(6)40-31(37)24(16-18(2)3)34-30(36)28-29(25(39-8)12-14-33-28)41-26(35)13-15-38-7/h10-12,14,17-19,21,24,27H,9,13,15-16H2,1-8H3,(H,34,36)/t19?,21-,24-,27+/m0/s1. The average Bonchev–Trinajstić information content (AvgIpc) is 2.92. The number of nitrogens with one attached hydrogen (secondary N) is 1. The van der Waals surface area contributed by atoms with Crippen molar-refractivity contribution in [2.75, 3.05) is 20.8 Å². The van der Waals surface area contributed by atoms with E-state index in [9.17, 15) is 18.8 Å². The number of benzene rings is 1. The summed E-state index contributed by atoms with van der Waals surface area (Å²) in [5.41, 5.74) is 1.48. The predicted octanol–water partition coefficient (Wildman–Crippen LogP) is 5.39. The zero-order valence-corrected chi connectivity index (χ0v) is 25.3. The van der Waals surface area contributed by atoms with Gasteiger partial charge in [-0.1, -0.05) is 40.2 Å². The smallest absolute Gasteiger partial charge is 0.328 e. The zero-order valence-electron chi connectivity index (χ0n) is 25.3. The van der Waals surface area contributed by atoms with Gasteiger partial charge in [0.25, 0.3) is 5.91 Å². The van der Waals surface area contributed by atoms with Crippen LogP contribution in [0.1, 0.15) is 81.4 Å². The Bertz CT molecular complexity index is 1190. The summed E-state index contributed by atoms with van der Waals surface area (Å²) in [4.78, 5) is 43.3. The van der Waals surface area contributed by atoms with E-state index >= 15 is 0 Å². The summed E-state index contributed by atoms with van der Waals surface area (Å²) in [5.74, 6) is -2.30. The molecule has 0 saturated carbocycles. The fourth-order valence-electron chi connectivity index (χ4n) is 4.74. The summed E-state index contributed by atoms with van der Waals surface area (Å²) in [5, 5.41) is 2.72. The van der Waals surface area contributed by atoms with Gasteiger partial charge in [-0.05, 0) is 55.4 Å². The van der Waals surface area contributed by atoms with Crippen molar-refractivity contribution in [1.29, 1.82) is 0 Å². The summed E-state index contributed by atoms with van der Waals surface area (Å²) in [6, 6.07) is 5.09. The van der Waals surface area contributed by atoms with E-state index in [0.717, 1.165) is 17.5 Å². The summed E-state index contributed by atoms with van der Waals surface area (Å²) >= 11 is 0. The lowest BCUT2D eigenvalue weighted by atomic mass is 9.80. The second-order valence-electron chi connectivity index (χ2n) is 10.6. The SMILES string of the molecule is CCC(C)[C@@H](c1ccc(F)cc1C)[C@H](C)OC(=O)[C@H](CC(C)C)NC(=O)c1nccc(OC)c1OC(=O)CCOC. The van der Waals surface area contributed by atoms with E-state index in [-0.39, 0.29) is 53.8 Å². The van der Waals surface area contributed by atoms with Crippen LogP contribution in [0.25, 0.3) is 0 Å². The molecular weight excluding hydrogens is 531 g/mol. The number of hydrogen-bond acceptors (Lipinski definition) is 8. The second-order valence-corrected chi connectivity index (χ2v) is 10.6. The number of nitrogens with zero attached hydrogens (tertiary/aromatic N) is 1. The van der Waals surface area contributed by atoms with Crippen LogP contribution in [-0.4, -0.2) is 55.8 Å². The first-order valence-electron chi connectivity index (χ1n) is 13.9. The highest BCUT2D eigenvalue weighted by Gasteiger charge is 2.33. The normalized spacial score (nSPS) is 14.1. The van der Waals surface area contributed by atoms with E-state index in [1.54, 1.807) is 6.07 Å². The van der Waals surface area contributed by atoms with E-state index in [0.29, 0.717) is 6.42 Å². The van der Waals surface area contributed by atoms with Gasteiger partial charge in [-0.25, -0.2) is 14.2 Å². The summed E-state index contributed by atoms with van der Waals surface area (Å²) in [6.45, 7) is 11.7. The molecule has 1 N–H and O–H groups in total. The number of aryl methyl sites for hydroxylation is 1. The minimum absolute atomic E-state index is 0.0393. The maximum absolute atomic E-state index is 13.8.